The summed E-state index contributed by atoms with van der Waals surface area (Å²) in [4.78, 5) is 2.29. The molecular weight excluding hydrogens is 390 g/mol. The van der Waals surface area contributed by atoms with Crippen molar-refractivity contribution in [3.63, 3.8) is 0 Å². The van der Waals surface area contributed by atoms with E-state index in [9.17, 15) is 0 Å². The first kappa shape index (κ1) is 20.9. The maximum Gasteiger partial charge on any atom is 0.163 e. The molecule has 31 heavy (non-hydrogen) atoms. The molecule has 1 saturated heterocycles. The minimum absolute atomic E-state index is 0.0595. The molecule has 1 heterocycles. The number of benzene rings is 3. The number of hydrogen-bond acceptors (Lipinski definition) is 5. The Morgan fingerprint density at radius 1 is 0.935 bits per heavy atom. The summed E-state index contributed by atoms with van der Waals surface area (Å²) in [7, 11) is 3.34. The number of anilines is 2. The van der Waals surface area contributed by atoms with Crippen molar-refractivity contribution >= 4 is 11.4 Å². The molecule has 1 aliphatic rings. The molecule has 0 spiro atoms. The van der Waals surface area contributed by atoms with Gasteiger partial charge in [-0.3, -0.25) is 0 Å². The fraction of sp³-hybridized carbons (Fsp3) is 0.280. The summed E-state index contributed by atoms with van der Waals surface area (Å²) >= 11 is 0. The number of para-hydroxylation sites is 2. The van der Waals surface area contributed by atoms with Gasteiger partial charge in [-0.05, 0) is 29.3 Å². The average molecular weight is 419 g/mol. The molecule has 6 nitrogen and oxygen atoms in total. The Labute approximate surface area is 183 Å². The van der Waals surface area contributed by atoms with Gasteiger partial charge in [-0.25, -0.2) is 5.32 Å². The van der Waals surface area contributed by atoms with Crippen molar-refractivity contribution in [2.24, 2.45) is 0 Å². The van der Waals surface area contributed by atoms with Gasteiger partial charge < -0.3 is 24.8 Å². The van der Waals surface area contributed by atoms with Gasteiger partial charge in [0.25, 0.3) is 0 Å². The molecule has 0 aliphatic carbocycles. The van der Waals surface area contributed by atoms with E-state index in [1.165, 1.54) is 0 Å². The van der Waals surface area contributed by atoms with Gasteiger partial charge in [0.05, 0.1) is 25.9 Å². The second-order valence-electron chi connectivity index (χ2n) is 7.45. The van der Waals surface area contributed by atoms with E-state index < -0.39 is 0 Å². The first-order valence-corrected chi connectivity index (χ1v) is 10.4. The molecule has 161 valence electrons. The number of nitrogens with zero attached hydrogens (tertiary/aromatic N) is 2. The van der Waals surface area contributed by atoms with Crippen LogP contribution in [0.1, 0.15) is 17.2 Å². The Morgan fingerprint density at radius 2 is 1.68 bits per heavy atom. The largest absolute Gasteiger partial charge is 0.495 e. The van der Waals surface area contributed by atoms with Crippen LogP contribution in [0.5, 0.6) is 17.2 Å². The maximum atomic E-state index is 6.45. The molecule has 1 unspecified atom stereocenters. The number of piperazine rings is 1. The van der Waals surface area contributed by atoms with Crippen molar-refractivity contribution in [3.05, 3.63) is 77.9 Å². The van der Waals surface area contributed by atoms with E-state index in [1.807, 2.05) is 60.7 Å². The monoisotopic (exact) mass is 418 g/mol. The number of ether oxygens (including phenoxy) is 3. The summed E-state index contributed by atoms with van der Waals surface area (Å²) in [6.45, 7) is 2.73. The van der Waals surface area contributed by atoms with Crippen LogP contribution in [0.25, 0.3) is 0 Å². The van der Waals surface area contributed by atoms with Crippen molar-refractivity contribution in [2.45, 2.75) is 12.6 Å². The molecule has 3 aromatic rings. The van der Waals surface area contributed by atoms with E-state index in [-0.39, 0.29) is 6.04 Å². The summed E-state index contributed by atoms with van der Waals surface area (Å²) in [5.74, 6) is 2.15. The van der Waals surface area contributed by atoms with Crippen LogP contribution in [0.4, 0.5) is 11.4 Å². The average Bonchev–Trinajstić information content (AvgIpc) is 2.83. The Bertz CT molecular complexity index is 1010. The number of nitrogen functional groups attached to an aromatic ring is 1. The highest BCUT2D eigenvalue weighted by Crippen LogP contribution is 2.38. The number of methoxy groups -OCH3 is 2. The minimum atomic E-state index is -0.0595. The Hall–Kier alpha value is -3.38. The number of hydrogen-bond donors (Lipinski definition) is 1. The standard InChI is InChI=1S/C25H28N3O3/c1-29-23-11-7-6-10-22(23)28-13-12-27-21(16-28)19-14-24(30-2)25(15-20(19)26)31-17-18-8-4-3-5-9-18/h3-11,14-15,21H,12-13,16-17,26H2,1-2H3. The summed E-state index contributed by atoms with van der Waals surface area (Å²) in [6.07, 6.45) is 0. The van der Waals surface area contributed by atoms with E-state index in [0.29, 0.717) is 23.8 Å². The summed E-state index contributed by atoms with van der Waals surface area (Å²) in [5, 5.41) is 4.83. The molecule has 1 aliphatic heterocycles. The predicted molar refractivity (Wildman–Crippen MR) is 123 cm³/mol. The van der Waals surface area contributed by atoms with Gasteiger partial charge in [0.2, 0.25) is 0 Å². The molecule has 2 N–H and O–H groups in total. The summed E-state index contributed by atoms with van der Waals surface area (Å²) in [6, 6.07) is 21.8. The van der Waals surface area contributed by atoms with Crippen LogP contribution in [0, 0.1) is 0 Å². The molecule has 0 aromatic heterocycles. The van der Waals surface area contributed by atoms with Crippen LogP contribution in [-0.4, -0.2) is 33.9 Å². The smallest absolute Gasteiger partial charge is 0.163 e. The predicted octanol–water partition coefficient (Wildman–Crippen LogP) is 4.03. The topological polar surface area (TPSA) is 71.1 Å². The van der Waals surface area contributed by atoms with Crippen molar-refractivity contribution in [1.29, 1.82) is 0 Å². The van der Waals surface area contributed by atoms with Crippen LogP contribution >= 0.6 is 0 Å². The molecule has 1 atom stereocenters. The molecular formula is C25H28N3O3. The van der Waals surface area contributed by atoms with Crippen molar-refractivity contribution in [2.75, 3.05) is 44.5 Å². The lowest BCUT2D eigenvalue weighted by molar-refractivity contribution is 0.284. The molecule has 0 saturated carbocycles. The number of rotatable bonds is 7. The Morgan fingerprint density at radius 3 is 2.45 bits per heavy atom. The highest BCUT2D eigenvalue weighted by molar-refractivity contribution is 5.62. The van der Waals surface area contributed by atoms with E-state index in [4.69, 9.17) is 25.3 Å². The molecule has 4 rings (SSSR count). The van der Waals surface area contributed by atoms with E-state index in [1.54, 1.807) is 14.2 Å². The van der Waals surface area contributed by atoms with Crippen LogP contribution in [0.15, 0.2) is 66.7 Å². The first-order valence-electron chi connectivity index (χ1n) is 10.4. The zero-order valence-corrected chi connectivity index (χ0v) is 18.0. The maximum absolute atomic E-state index is 6.45. The van der Waals surface area contributed by atoms with Gasteiger partial charge in [-0.15, -0.1) is 0 Å². The van der Waals surface area contributed by atoms with Crippen LogP contribution in [0.2, 0.25) is 0 Å². The lowest BCUT2D eigenvalue weighted by atomic mass is 10.0. The third-order valence-electron chi connectivity index (χ3n) is 5.50. The fourth-order valence-corrected chi connectivity index (χ4v) is 3.89. The SMILES string of the molecule is COc1cc(C2CN(c3ccccc3OC)CC[N]2)c(N)cc1OCc1ccccc1. The Kier molecular flexibility index (Phi) is 6.48. The zero-order chi connectivity index (χ0) is 21.6. The van der Waals surface area contributed by atoms with Gasteiger partial charge >= 0.3 is 0 Å². The van der Waals surface area contributed by atoms with Crippen LogP contribution in [-0.2, 0) is 6.61 Å². The molecule has 0 amide bonds. The molecule has 3 aromatic carbocycles. The minimum Gasteiger partial charge on any atom is -0.495 e. The summed E-state index contributed by atoms with van der Waals surface area (Å²) < 4.78 is 17.2. The molecule has 6 heteroatoms. The number of nitrogens with two attached hydrogens (primary N) is 1. The summed E-state index contributed by atoms with van der Waals surface area (Å²) in [5.41, 5.74) is 10.2. The lowest BCUT2D eigenvalue weighted by Crippen LogP contribution is -2.42. The third-order valence-corrected chi connectivity index (χ3v) is 5.50. The first-order chi connectivity index (χ1) is 15.2. The molecule has 1 fully saturated rings. The molecule has 1 radical (unpaired) electrons. The lowest BCUT2D eigenvalue weighted by Gasteiger charge is -2.35. The fourth-order valence-electron chi connectivity index (χ4n) is 3.89. The van der Waals surface area contributed by atoms with Gasteiger partial charge in [-0.2, -0.15) is 0 Å². The normalized spacial score (nSPS) is 16.1. The Balaban J connectivity index is 1.54. The van der Waals surface area contributed by atoms with Crippen molar-refractivity contribution in [1.82, 2.24) is 5.32 Å². The second kappa shape index (κ2) is 9.62. The van der Waals surface area contributed by atoms with Gasteiger partial charge in [-0.1, -0.05) is 42.5 Å². The second-order valence-corrected chi connectivity index (χ2v) is 7.45. The zero-order valence-electron chi connectivity index (χ0n) is 18.0. The third kappa shape index (κ3) is 4.70. The van der Waals surface area contributed by atoms with E-state index in [2.05, 4.69) is 11.0 Å². The molecule has 0 bridgehead atoms. The highest BCUT2D eigenvalue weighted by atomic mass is 16.5. The van der Waals surface area contributed by atoms with Gasteiger partial charge in [0.15, 0.2) is 11.5 Å². The van der Waals surface area contributed by atoms with E-state index in [0.717, 1.165) is 42.2 Å². The van der Waals surface area contributed by atoms with Crippen LogP contribution in [0.3, 0.4) is 0 Å². The van der Waals surface area contributed by atoms with Crippen LogP contribution < -0.4 is 30.2 Å². The van der Waals surface area contributed by atoms with Crippen molar-refractivity contribution in [3.8, 4) is 17.2 Å². The quantitative estimate of drug-likeness (QED) is 0.587. The van der Waals surface area contributed by atoms with Gasteiger partial charge in [0, 0.05) is 31.4 Å². The van der Waals surface area contributed by atoms with Crippen molar-refractivity contribution < 1.29 is 14.2 Å². The van der Waals surface area contributed by atoms with E-state index >= 15 is 0 Å². The highest BCUT2D eigenvalue weighted by Gasteiger charge is 2.26. The van der Waals surface area contributed by atoms with Gasteiger partial charge in [0.1, 0.15) is 12.4 Å².